The van der Waals surface area contributed by atoms with Crippen LogP contribution in [0.5, 0.6) is 5.75 Å². The average Bonchev–Trinajstić information content (AvgIpc) is 3.27. The van der Waals surface area contributed by atoms with E-state index in [2.05, 4.69) is 30.1 Å². The van der Waals surface area contributed by atoms with Crippen LogP contribution < -0.4 is 4.74 Å². The highest BCUT2D eigenvalue weighted by Gasteiger charge is 2.43. The van der Waals surface area contributed by atoms with E-state index < -0.39 is 0 Å². The van der Waals surface area contributed by atoms with Crippen molar-refractivity contribution in [2.45, 2.75) is 25.2 Å². The summed E-state index contributed by atoms with van der Waals surface area (Å²) in [5.41, 5.74) is 6.21. The Hall–Kier alpha value is -2.40. The lowest BCUT2D eigenvalue weighted by Gasteiger charge is -2.38. The number of fused-ring (bicyclic) bond motifs is 3. The molecule has 1 spiro atoms. The minimum absolute atomic E-state index is 0.0692. The molecule has 26 heavy (non-hydrogen) atoms. The van der Waals surface area contributed by atoms with Crippen molar-refractivity contribution in [3.8, 4) is 5.75 Å². The number of piperidine rings is 1. The summed E-state index contributed by atoms with van der Waals surface area (Å²) >= 11 is 1.58. The molecule has 2 aliphatic heterocycles. The predicted octanol–water partition coefficient (Wildman–Crippen LogP) is 4.17. The first-order chi connectivity index (χ1) is 12.6. The summed E-state index contributed by atoms with van der Waals surface area (Å²) < 4.78 is 7.02. The van der Waals surface area contributed by atoms with E-state index >= 15 is 0 Å². The van der Waals surface area contributed by atoms with E-state index in [4.69, 9.17) is 4.74 Å². The molecule has 0 aliphatic carbocycles. The molecule has 3 aromatic rings. The number of nitrogens with zero attached hydrogens (tertiary/aromatic N) is 2. The average molecular weight is 364 g/mol. The van der Waals surface area contributed by atoms with E-state index in [1.807, 2.05) is 28.6 Å². The van der Waals surface area contributed by atoms with Gasteiger partial charge in [0.05, 0.1) is 22.3 Å². The third-order valence-electron chi connectivity index (χ3n) is 5.80. The number of likely N-dealkylation sites (tertiary alicyclic amines) is 1. The minimum atomic E-state index is 0.0692. The van der Waals surface area contributed by atoms with Crippen LogP contribution in [0.1, 0.15) is 34.3 Å². The lowest BCUT2D eigenvalue weighted by atomic mass is 9.74. The standard InChI is InChI=1S/C21H20N2O2S/c1-14-2-5-18-16(10-14)21(12-25-18)6-8-23(9-7-21)20(24)15-3-4-17-19(11-15)26-13-22-17/h2-5,10-11,13H,6-9,12H2,1H3. The summed E-state index contributed by atoms with van der Waals surface area (Å²) in [4.78, 5) is 19.2. The zero-order chi connectivity index (χ0) is 17.7. The number of amides is 1. The van der Waals surface area contributed by atoms with Gasteiger partial charge in [-0.05, 0) is 44.0 Å². The molecule has 5 rings (SSSR count). The van der Waals surface area contributed by atoms with Crippen molar-refractivity contribution in [1.82, 2.24) is 9.88 Å². The van der Waals surface area contributed by atoms with Crippen molar-refractivity contribution in [1.29, 1.82) is 0 Å². The highest BCUT2D eigenvalue weighted by molar-refractivity contribution is 7.16. The Morgan fingerprint density at radius 3 is 2.88 bits per heavy atom. The van der Waals surface area contributed by atoms with Crippen LogP contribution in [-0.2, 0) is 5.41 Å². The normalized spacial score (nSPS) is 18.1. The van der Waals surface area contributed by atoms with E-state index in [0.29, 0.717) is 0 Å². The van der Waals surface area contributed by atoms with Crippen molar-refractivity contribution >= 4 is 27.5 Å². The monoisotopic (exact) mass is 364 g/mol. The predicted molar refractivity (Wildman–Crippen MR) is 103 cm³/mol. The minimum Gasteiger partial charge on any atom is -0.492 e. The molecule has 0 bridgehead atoms. The van der Waals surface area contributed by atoms with Crippen molar-refractivity contribution < 1.29 is 9.53 Å². The lowest BCUT2D eigenvalue weighted by molar-refractivity contribution is 0.0647. The molecule has 0 radical (unpaired) electrons. The van der Waals surface area contributed by atoms with Gasteiger partial charge >= 0.3 is 0 Å². The van der Waals surface area contributed by atoms with Gasteiger partial charge in [-0.25, -0.2) is 4.98 Å². The number of thiazole rings is 1. The van der Waals surface area contributed by atoms with Crippen molar-refractivity contribution in [2.24, 2.45) is 0 Å². The van der Waals surface area contributed by atoms with E-state index in [1.165, 1.54) is 11.1 Å². The summed E-state index contributed by atoms with van der Waals surface area (Å²) in [5.74, 6) is 1.14. The second kappa shape index (κ2) is 5.81. The molecule has 1 aromatic heterocycles. The Kier molecular flexibility index (Phi) is 3.54. The van der Waals surface area contributed by atoms with Gasteiger partial charge in [-0.15, -0.1) is 11.3 Å². The van der Waals surface area contributed by atoms with Crippen molar-refractivity contribution in [3.63, 3.8) is 0 Å². The van der Waals surface area contributed by atoms with Crippen molar-refractivity contribution in [3.05, 3.63) is 58.6 Å². The fourth-order valence-corrected chi connectivity index (χ4v) is 4.92. The van der Waals surface area contributed by atoms with Crippen molar-refractivity contribution in [2.75, 3.05) is 19.7 Å². The number of aryl methyl sites for hydroxylation is 1. The van der Waals surface area contributed by atoms with Gasteiger partial charge in [-0.2, -0.15) is 0 Å². The highest BCUT2D eigenvalue weighted by atomic mass is 32.1. The fourth-order valence-electron chi connectivity index (χ4n) is 4.20. The molecule has 0 unspecified atom stereocenters. The number of benzene rings is 2. The first-order valence-corrected chi connectivity index (χ1v) is 9.89. The first-order valence-electron chi connectivity index (χ1n) is 9.01. The van der Waals surface area contributed by atoms with E-state index in [1.54, 1.807) is 11.3 Å². The van der Waals surface area contributed by atoms with E-state index in [0.717, 1.165) is 54.1 Å². The van der Waals surface area contributed by atoms with Crippen LogP contribution in [0.25, 0.3) is 10.2 Å². The molecule has 3 heterocycles. The molecule has 0 atom stereocenters. The van der Waals surface area contributed by atoms with Crippen LogP contribution in [-0.4, -0.2) is 35.5 Å². The summed E-state index contributed by atoms with van der Waals surface area (Å²) in [6.45, 7) is 4.41. The molecule has 4 nitrogen and oxygen atoms in total. The van der Waals surface area contributed by atoms with Gasteiger partial charge in [0.1, 0.15) is 5.75 Å². The second-order valence-corrected chi connectivity index (χ2v) is 8.28. The van der Waals surface area contributed by atoms with Gasteiger partial charge in [0.25, 0.3) is 5.91 Å². The fraction of sp³-hybridized carbons (Fsp3) is 0.333. The Bertz CT molecular complexity index is 1000. The third kappa shape index (κ3) is 2.42. The van der Waals surface area contributed by atoms with Gasteiger partial charge in [-0.1, -0.05) is 17.7 Å². The Morgan fingerprint density at radius 1 is 1.19 bits per heavy atom. The molecule has 1 saturated heterocycles. The smallest absolute Gasteiger partial charge is 0.253 e. The van der Waals surface area contributed by atoms with Crippen LogP contribution in [0.2, 0.25) is 0 Å². The number of carbonyl (C=O) groups excluding carboxylic acids is 1. The summed E-state index contributed by atoms with van der Waals surface area (Å²) in [7, 11) is 0. The summed E-state index contributed by atoms with van der Waals surface area (Å²) in [6.07, 6.45) is 1.91. The van der Waals surface area contributed by atoms with Gasteiger partial charge in [-0.3, -0.25) is 4.79 Å². The van der Waals surface area contributed by atoms with E-state index in [9.17, 15) is 4.79 Å². The molecule has 0 saturated carbocycles. The summed E-state index contributed by atoms with van der Waals surface area (Å²) in [5, 5.41) is 0. The molecule has 2 aromatic carbocycles. The SMILES string of the molecule is Cc1ccc2c(c1)C1(CCN(C(=O)c3ccc4ncsc4c3)CC1)CO2. The van der Waals surface area contributed by atoms with Gasteiger partial charge in [0.2, 0.25) is 0 Å². The maximum atomic E-state index is 12.9. The lowest BCUT2D eigenvalue weighted by Crippen LogP contribution is -2.46. The molecule has 1 amide bonds. The molecule has 2 aliphatic rings. The first kappa shape index (κ1) is 15.8. The number of hydrogen-bond acceptors (Lipinski definition) is 4. The molecular formula is C21H20N2O2S. The Labute approximate surface area is 156 Å². The molecule has 1 fully saturated rings. The van der Waals surface area contributed by atoms with Crippen LogP contribution in [0.15, 0.2) is 41.9 Å². The number of hydrogen-bond donors (Lipinski definition) is 0. The van der Waals surface area contributed by atoms with Crippen LogP contribution in [0.4, 0.5) is 0 Å². The summed E-state index contributed by atoms with van der Waals surface area (Å²) in [6, 6.07) is 12.3. The second-order valence-electron chi connectivity index (χ2n) is 7.40. The van der Waals surface area contributed by atoms with Gasteiger partial charge < -0.3 is 9.64 Å². The molecule has 0 N–H and O–H groups in total. The maximum Gasteiger partial charge on any atom is 0.253 e. The number of rotatable bonds is 1. The zero-order valence-corrected chi connectivity index (χ0v) is 15.5. The Morgan fingerprint density at radius 2 is 2.04 bits per heavy atom. The molecule has 132 valence electrons. The van der Waals surface area contributed by atoms with E-state index in [-0.39, 0.29) is 11.3 Å². The zero-order valence-electron chi connectivity index (χ0n) is 14.7. The number of ether oxygens (including phenoxy) is 1. The quantitative estimate of drug-likeness (QED) is 0.651. The molecular weight excluding hydrogens is 344 g/mol. The van der Waals surface area contributed by atoms with Crippen LogP contribution >= 0.6 is 11.3 Å². The maximum absolute atomic E-state index is 12.9. The molecule has 5 heteroatoms. The topological polar surface area (TPSA) is 42.4 Å². The largest absolute Gasteiger partial charge is 0.492 e. The number of aromatic nitrogens is 1. The van der Waals surface area contributed by atoms with Gasteiger partial charge in [0.15, 0.2) is 0 Å². The van der Waals surface area contributed by atoms with Crippen LogP contribution in [0, 0.1) is 6.92 Å². The van der Waals surface area contributed by atoms with Gasteiger partial charge in [0, 0.05) is 29.6 Å². The third-order valence-corrected chi connectivity index (χ3v) is 6.59. The highest BCUT2D eigenvalue weighted by Crippen LogP contribution is 2.45. The number of carbonyl (C=O) groups is 1. The Balaban J connectivity index is 1.36. The van der Waals surface area contributed by atoms with Crippen LogP contribution in [0.3, 0.4) is 0 Å².